The number of hydrogen-bond acceptors (Lipinski definition) is 6. The number of rotatable bonds is 6. The highest BCUT2D eigenvalue weighted by molar-refractivity contribution is 8.00. The summed E-state index contributed by atoms with van der Waals surface area (Å²) in [4.78, 5) is 0. The highest BCUT2D eigenvalue weighted by atomic mass is 32.2. The Kier molecular flexibility index (Phi) is 8.06. The summed E-state index contributed by atoms with van der Waals surface area (Å²) in [5, 5.41) is -2.52. The third-order valence-electron chi connectivity index (χ3n) is 4.47. The van der Waals surface area contributed by atoms with Crippen LogP contribution in [0.3, 0.4) is 0 Å². The van der Waals surface area contributed by atoms with Crippen molar-refractivity contribution in [2.45, 2.75) is 62.9 Å². The minimum atomic E-state index is -6.09. The number of alkyl halides is 6. The molecule has 0 aliphatic rings. The van der Waals surface area contributed by atoms with E-state index in [1.807, 2.05) is 0 Å². The van der Waals surface area contributed by atoms with Gasteiger partial charge < -0.3 is 0 Å². The van der Waals surface area contributed by atoms with E-state index in [0.29, 0.717) is 0 Å². The Labute approximate surface area is 168 Å². The molecule has 0 aromatic heterocycles. The first-order valence-corrected chi connectivity index (χ1v) is 15.4. The van der Waals surface area contributed by atoms with Gasteiger partial charge in [-0.05, 0) is 41.5 Å². The molecule has 2 atom stereocenters. The van der Waals surface area contributed by atoms with E-state index in [4.69, 9.17) is 0 Å². The van der Waals surface area contributed by atoms with Crippen LogP contribution in [0.1, 0.15) is 41.5 Å². The van der Waals surface area contributed by atoms with Gasteiger partial charge in [0.1, 0.15) is 10.3 Å². The Hall–Kier alpha value is 0.260. The van der Waals surface area contributed by atoms with Crippen molar-refractivity contribution in [1.29, 1.82) is 0 Å². The molecule has 0 saturated carbocycles. The lowest BCUT2D eigenvalue weighted by Crippen LogP contribution is -2.36. The summed E-state index contributed by atoms with van der Waals surface area (Å²) in [7, 11) is -19.7. The summed E-state index contributed by atoms with van der Waals surface area (Å²) in [5.41, 5.74) is -11.5. The molecule has 0 radical (unpaired) electrons. The standard InChI is InChI=1S/C13H26F6O6P2S2/c1-10(2,3)26(7,24-28(20,21)12(14,15)16)9-27(8,11(4,5)6)25-29(22,23)13(17,18)19/h9H2,1-8H3/q+2. The topological polar surface area (TPSA) is 86.7 Å². The zero-order valence-corrected chi connectivity index (χ0v) is 20.6. The highest BCUT2D eigenvalue weighted by Crippen LogP contribution is 2.82. The molecule has 176 valence electrons. The van der Waals surface area contributed by atoms with Gasteiger partial charge in [0.05, 0.1) is 13.3 Å². The molecule has 0 N–H and O–H groups in total. The molecule has 0 heterocycles. The average molecular weight is 518 g/mol. The first-order chi connectivity index (χ1) is 12.1. The molecule has 29 heavy (non-hydrogen) atoms. The van der Waals surface area contributed by atoms with Crippen LogP contribution in [-0.4, -0.2) is 57.4 Å². The van der Waals surface area contributed by atoms with Crippen molar-refractivity contribution in [3.63, 3.8) is 0 Å². The van der Waals surface area contributed by atoms with Crippen LogP contribution in [0.15, 0.2) is 0 Å². The van der Waals surface area contributed by atoms with Gasteiger partial charge in [0, 0.05) is 0 Å². The van der Waals surface area contributed by atoms with Crippen LogP contribution < -0.4 is 0 Å². The molecule has 0 amide bonds. The summed E-state index contributed by atoms with van der Waals surface area (Å²) < 4.78 is 133. The van der Waals surface area contributed by atoms with Crippen molar-refractivity contribution in [3.05, 3.63) is 0 Å². The Bertz CT molecular complexity index is 743. The lowest BCUT2D eigenvalue weighted by Gasteiger charge is -2.38. The lowest BCUT2D eigenvalue weighted by molar-refractivity contribution is -0.0502. The minimum Gasteiger partial charge on any atom is -0.186 e. The summed E-state index contributed by atoms with van der Waals surface area (Å²) >= 11 is 0. The normalized spacial score (nSPS) is 19.5. The monoisotopic (exact) mass is 518 g/mol. The van der Waals surface area contributed by atoms with E-state index in [1.165, 1.54) is 41.5 Å². The highest BCUT2D eigenvalue weighted by Gasteiger charge is 2.69. The molecular formula is C13H26F6O6P2S2+2. The molecular weight excluding hydrogens is 492 g/mol. The summed E-state index contributed by atoms with van der Waals surface area (Å²) in [6, 6.07) is 0. The first-order valence-electron chi connectivity index (χ1n) is 7.88. The largest absolute Gasteiger partial charge is 0.526 e. The summed E-state index contributed by atoms with van der Waals surface area (Å²) in [6.45, 7) is 10.3. The van der Waals surface area contributed by atoms with Gasteiger partial charge in [-0.3, -0.25) is 0 Å². The van der Waals surface area contributed by atoms with Crippen LogP contribution in [0, 0.1) is 0 Å². The third kappa shape index (κ3) is 6.62. The predicted octanol–water partition coefficient (Wildman–Crippen LogP) is 5.40. The molecule has 6 nitrogen and oxygen atoms in total. The third-order valence-corrected chi connectivity index (χ3v) is 19.8. The quantitative estimate of drug-likeness (QED) is 0.266. The van der Waals surface area contributed by atoms with Crippen LogP contribution in [0.4, 0.5) is 26.3 Å². The van der Waals surface area contributed by atoms with Crippen molar-refractivity contribution >= 4 is 35.2 Å². The van der Waals surface area contributed by atoms with Crippen LogP contribution >= 0.6 is 15.0 Å². The van der Waals surface area contributed by atoms with Gasteiger partial charge in [0.15, 0.2) is 0 Å². The van der Waals surface area contributed by atoms with Gasteiger partial charge >= 0.3 is 31.3 Å². The van der Waals surface area contributed by atoms with Gasteiger partial charge in [-0.1, -0.05) is 0 Å². The number of hydrogen-bond donors (Lipinski definition) is 0. The molecule has 0 spiro atoms. The summed E-state index contributed by atoms with van der Waals surface area (Å²) in [6.07, 6.45) is 0. The zero-order valence-electron chi connectivity index (χ0n) is 17.1. The van der Waals surface area contributed by atoms with Crippen molar-refractivity contribution in [2.24, 2.45) is 0 Å². The van der Waals surface area contributed by atoms with E-state index >= 15 is 0 Å². The van der Waals surface area contributed by atoms with Gasteiger partial charge in [-0.25, -0.2) is 0 Å². The second-order valence-corrected chi connectivity index (χ2v) is 20.8. The Morgan fingerprint density at radius 1 is 0.621 bits per heavy atom. The minimum absolute atomic E-state index is 0.711. The molecule has 0 saturated heterocycles. The molecule has 0 aliphatic heterocycles. The van der Waals surface area contributed by atoms with E-state index in [-0.39, 0.29) is 0 Å². The Balaban J connectivity index is 6.56. The van der Waals surface area contributed by atoms with Gasteiger partial charge in [-0.2, -0.15) is 43.2 Å². The smallest absolute Gasteiger partial charge is 0.186 e. The fourth-order valence-electron chi connectivity index (χ4n) is 1.73. The maximum Gasteiger partial charge on any atom is 0.526 e. The second-order valence-electron chi connectivity index (χ2n) is 8.63. The molecule has 0 rings (SSSR count). The van der Waals surface area contributed by atoms with Crippen molar-refractivity contribution in [3.8, 4) is 0 Å². The molecule has 16 heteroatoms. The Morgan fingerprint density at radius 2 is 0.828 bits per heavy atom. The van der Waals surface area contributed by atoms with Gasteiger partial charge in [-0.15, -0.1) is 7.94 Å². The van der Waals surface area contributed by atoms with Crippen LogP contribution in [0.2, 0.25) is 0 Å². The average Bonchev–Trinajstić information content (AvgIpc) is 2.30. The van der Waals surface area contributed by atoms with Gasteiger partial charge in [0.25, 0.3) is 0 Å². The van der Waals surface area contributed by atoms with E-state index in [1.54, 1.807) is 0 Å². The maximum atomic E-state index is 12.9. The van der Waals surface area contributed by atoms with E-state index in [2.05, 4.69) is 7.94 Å². The molecule has 0 bridgehead atoms. The predicted molar refractivity (Wildman–Crippen MR) is 102 cm³/mol. The Morgan fingerprint density at radius 3 is 0.966 bits per heavy atom. The molecule has 0 fully saturated rings. The van der Waals surface area contributed by atoms with Crippen LogP contribution in [-0.2, 0) is 28.2 Å². The number of halogens is 6. The van der Waals surface area contributed by atoms with E-state index < -0.39 is 62.4 Å². The van der Waals surface area contributed by atoms with Crippen molar-refractivity contribution in [2.75, 3.05) is 19.2 Å². The zero-order chi connectivity index (χ0) is 24.1. The van der Waals surface area contributed by atoms with Crippen molar-refractivity contribution in [1.82, 2.24) is 0 Å². The molecule has 2 unspecified atom stereocenters. The molecule has 0 aliphatic carbocycles. The van der Waals surface area contributed by atoms with E-state index in [9.17, 15) is 43.2 Å². The fraction of sp³-hybridized carbons (Fsp3) is 1.00. The van der Waals surface area contributed by atoms with Crippen LogP contribution in [0.25, 0.3) is 0 Å². The van der Waals surface area contributed by atoms with E-state index in [0.717, 1.165) is 13.3 Å². The van der Waals surface area contributed by atoms with Crippen LogP contribution in [0.5, 0.6) is 0 Å². The lowest BCUT2D eigenvalue weighted by atomic mass is 10.3. The van der Waals surface area contributed by atoms with Crippen molar-refractivity contribution < 1.29 is 51.1 Å². The SMILES string of the molecule is CC(C)(C)[P+](C)(C[P+](C)(OS(=O)(=O)C(F)(F)F)C(C)(C)C)OS(=O)(=O)C(F)(F)F. The maximum absolute atomic E-state index is 12.9. The second kappa shape index (κ2) is 7.99. The molecule has 0 aromatic carbocycles. The first kappa shape index (κ1) is 29.3. The van der Waals surface area contributed by atoms with Gasteiger partial charge in [0.2, 0.25) is 20.9 Å². The summed E-state index contributed by atoms with van der Waals surface area (Å²) in [5.74, 6) is -0.711. The molecule has 0 aromatic rings. The fourth-order valence-corrected chi connectivity index (χ4v) is 16.4.